The molecule has 1 heterocycles. The quantitative estimate of drug-likeness (QED) is 0.739. The number of nitrogens with two attached hydrogens (primary N) is 1. The summed E-state index contributed by atoms with van der Waals surface area (Å²) in [4.78, 5) is 11.8. The Morgan fingerprint density at radius 1 is 1.50 bits per heavy atom. The van der Waals surface area contributed by atoms with Crippen LogP contribution in [0.3, 0.4) is 0 Å². The van der Waals surface area contributed by atoms with Crippen molar-refractivity contribution < 1.29 is 4.79 Å². The van der Waals surface area contributed by atoms with Crippen LogP contribution in [-0.4, -0.2) is 30.0 Å². The topological polar surface area (TPSA) is 55.1 Å². The van der Waals surface area contributed by atoms with Gasteiger partial charge in [-0.05, 0) is 38.2 Å². The lowest BCUT2D eigenvalue weighted by Gasteiger charge is -2.28. The van der Waals surface area contributed by atoms with Crippen molar-refractivity contribution in [1.82, 2.24) is 5.32 Å². The molecule has 1 fully saturated rings. The molecule has 1 aliphatic rings. The molecule has 0 spiro atoms. The zero-order valence-electron chi connectivity index (χ0n) is 9.01. The second-order valence-electron chi connectivity index (χ2n) is 4.45. The van der Waals surface area contributed by atoms with Gasteiger partial charge in [0.25, 0.3) is 0 Å². The molecule has 0 aromatic rings. The van der Waals surface area contributed by atoms with E-state index in [9.17, 15) is 4.79 Å². The molecule has 82 valence electrons. The zero-order valence-corrected chi connectivity index (χ0v) is 9.82. The second-order valence-corrected chi connectivity index (χ2v) is 5.67. The summed E-state index contributed by atoms with van der Waals surface area (Å²) in [5.41, 5.74) is 5.12. The molecule has 0 bridgehead atoms. The summed E-state index contributed by atoms with van der Waals surface area (Å²) in [6, 6.07) is 0.370. The number of amides is 1. The molecule has 1 aliphatic heterocycles. The van der Waals surface area contributed by atoms with Crippen molar-refractivity contribution in [2.24, 2.45) is 11.1 Å². The Bertz CT molecular complexity index is 200. The van der Waals surface area contributed by atoms with Crippen LogP contribution in [0.15, 0.2) is 0 Å². The van der Waals surface area contributed by atoms with Crippen molar-refractivity contribution in [2.75, 3.05) is 18.1 Å². The van der Waals surface area contributed by atoms with Gasteiger partial charge in [-0.3, -0.25) is 4.79 Å². The van der Waals surface area contributed by atoms with E-state index >= 15 is 0 Å². The van der Waals surface area contributed by atoms with Crippen LogP contribution in [0.1, 0.15) is 26.7 Å². The molecule has 0 unspecified atom stereocenters. The van der Waals surface area contributed by atoms with E-state index in [0.717, 1.165) is 24.3 Å². The normalized spacial score (nSPS) is 19.4. The van der Waals surface area contributed by atoms with Crippen LogP contribution >= 0.6 is 11.8 Å². The van der Waals surface area contributed by atoms with Crippen molar-refractivity contribution >= 4 is 17.7 Å². The smallest absolute Gasteiger partial charge is 0.227 e. The van der Waals surface area contributed by atoms with Gasteiger partial charge in [-0.25, -0.2) is 0 Å². The SMILES string of the molecule is CC(C)(CN)C(=O)NC1CCSCC1. The number of carbonyl (C=O) groups is 1. The predicted octanol–water partition coefficient (Wildman–Crippen LogP) is 0.983. The molecule has 0 aromatic carbocycles. The maximum Gasteiger partial charge on any atom is 0.227 e. The zero-order chi connectivity index (χ0) is 10.6. The molecule has 14 heavy (non-hydrogen) atoms. The van der Waals surface area contributed by atoms with Crippen LogP contribution in [0.5, 0.6) is 0 Å². The van der Waals surface area contributed by atoms with Gasteiger partial charge in [0.1, 0.15) is 0 Å². The van der Waals surface area contributed by atoms with Gasteiger partial charge in [0.2, 0.25) is 5.91 Å². The van der Waals surface area contributed by atoms with Crippen LogP contribution in [0.25, 0.3) is 0 Å². The molecule has 0 aromatic heterocycles. The summed E-state index contributed by atoms with van der Waals surface area (Å²) in [5, 5.41) is 3.08. The van der Waals surface area contributed by atoms with Crippen molar-refractivity contribution in [3.63, 3.8) is 0 Å². The highest BCUT2D eigenvalue weighted by molar-refractivity contribution is 7.99. The van der Waals surface area contributed by atoms with Crippen molar-refractivity contribution in [3.8, 4) is 0 Å². The van der Waals surface area contributed by atoms with Crippen LogP contribution in [0, 0.1) is 5.41 Å². The lowest BCUT2D eigenvalue weighted by atomic mass is 9.92. The Kier molecular flexibility index (Phi) is 4.26. The summed E-state index contributed by atoms with van der Waals surface area (Å²) in [5.74, 6) is 2.42. The van der Waals surface area contributed by atoms with E-state index in [2.05, 4.69) is 5.32 Å². The van der Waals surface area contributed by atoms with E-state index in [1.165, 1.54) is 0 Å². The maximum atomic E-state index is 11.8. The third-order valence-electron chi connectivity index (χ3n) is 2.68. The van der Waals surface area contributed by atoms with E-state index in [1.807, 2.05) is 25.6 Å². The summed E-state index contributed by atoms with van der Waals surface area (Å²) in [6.07, 6.45) is 2.19. The van der Waals surface area contributed by atoms with Gasteiger partial charge in [0.05, 0.1) is 5.41 Å². The lowest BCUT2D eigenvalue weighted by Crippen LogP contribution is -2.47. The van der Waals surface area contributed by atoms with Crippen LogP contribution in [-0.2, 0) is 4.79 Å². The highest BCUT2D eigenvalue weighted by Crippen LogP contribution is 2.19. The summed E-state index contributed by atoms with van der Waals surface area (Å²) >= 11 is 1.96. The van der Waals surface area contributed by atoms with Gasteiger partial charge < -0.3 is 11.1 Å². The molecule has 3 nitrogen and oxygen atoms in total. The van der Waals surface area contributed by atoms with Gasteiger partial charge in [-0.1, -0.05) is 0 Å². The highest BCUT2D eigenvalue weighted by Gasteiger charge is 2.28. The first-order chi connectivity index (χ1) is 6.56. The first-order valence-corrected chi connectivity index (χ1v) is 6.30. The largest absolute Gasteiger partial charge is 0.353 e. The fourth-order valence-corrected chi connectivity index (χ4v) is 2.42. The molecule has 1 saturated heterocycles. The fourth-order valence-electron chi connectivity index (χ4n) is 1.32. The van der Waals surface area contributed by atoms with Gasteiger partial charge in [0, 0.05) is 12.6 Å². The number of thioether (sulfide) groups is 1. The first kappa shape index (κ1) is 11.9. The van der Waals surface area contributed by atoms with E-state index in [4.69, 9.17) is 5.73 Å². The summed E-state index contributed by atoms with van der Waals surface area (Å²) < 4.78 is 0. The van der Waals surface area contributed by atoms with Gasteiger partial charge in [-0.2, -0.15) is 11.8 Å². The number of nitrogens with one attached hydrogen (secondary N) is 1. The molecular weight excluding hydrogens is 196 g/mol. The molecule has 4 heteroatoms. The van der Waals surface area contributed by atoms with E-state index in [0.29, 0.717) is 12.6 Å². The van der Waals surface area contributed by atoms with Gasteiger partial charge >= 0.3 is 0 Å². The van der Waals surface area contributed by atoms with E-state index in [1.54, 1.807) is 0 Å². The van der Waals surface area contributed by atoms with Crippen LogP contribution in [0.2, 0.25) is 0 Å². The monoisotopic (exact) mass is 216 g/mol. The first-order valence-electron chi connectivity index (χ1n) is 5.15. The lowest BCUT2D eigenvalue weighted by molar-refractivity contribution is -0.129. The average molecular weight is 216 g/mol. The van der Waals surface area contributed by atoms with E-state index < -0.39 is 5.41 Å². The number of hydrogen-bond acceptors (Lipinski definition) is 3. The Morgan fingerprint density at radius 2 is 2.07 bits per heavy atom. The number of rotatable bonds is 3. The van der Waals surface area contributed by atoms with E-state index in [-0.39, 0.29) is 5.91 Å². The second kappa shape index (κ2) is 5.03. The minimum Gasteiger partial charge on any atom is -0.353 e. The van der Waals surface area contributed by atoms with Crippen molar-refractivity contribution in [3.05, 3.63) is 0 Å². The highest BCUT2D eigenvalue weighted by atomic mass is 32.2. The molecule has 0 radical (unpaired) electrons. The molecular formula is C10H20N2OS. The minimum atomic E-state index is -0.426. The molecule has 0 saturated carbocycles. The molecule has 0 aliphatic carbocycles. The van der Waals surface area contributed by atoms with Crippen molar-refractivity contribution in [1.29, 1.82) is 0 Å². The van der Waals surface area contributed by atoms with Crippen LogP contribution < -0.4 is 11.1 Å². The third-order valence-corrected chi connectivity index (χ3v) is 3.73. The number of hydrogen-bond donors (Lipinski definition) is 2. The Balaban J connectivity index is 2.39. The predicted molar refractivity (Wildman–Crippen MR) is 61.3 cm³/mol. The standard InChI is InChI=1S/C10H20N2OS/c1-10(2,7-11)9(13)12-8-3-5-14-6-4-8/h8H,3-7,11H2,1-2H3,(H,12,13). The molecule has 1 amide bonds. The van der Waals surface area contributed by atoms with Crippen LogP contribution in [0.4, 0.5) is 0 Å². The Labute approximate surface area is 90.2 Å². The molecule has 0 atom stereocenters. The number of carbonyl (C=O) groups excluding carboxylic acids is 1. The van der Waals surface area contributed by atoms with Gasteiger partial charge in [-0.15, -0.1) is 0 Å². The average Bonchev–Trinajstić information content (AvgIpc) is 2.19. The van der Waals surface area contributed by atoms with Gasteiger partial charge in [0.15, 0.2) is 0 Å². The Morgan fingerprint density at radius 3 is 2.57 bits per heavy atom. The maximum absolute atomic E-state index is 11.8. The summed E-state index contributed by atoms with van der Waals surface area (Å²) in [7, 11) is 0. The Hall–Kier alpha value is -0.220. The molecule has 1 rings (SSSR count). The minimum absolute atomic E-state index is 0.0944. The summed E-state index contributed by atoms with van der Waals surface area (Å²) in [6.45, 7) is 4.18. The van der Waals surface area contributed by atoms with Crippen molar-refractivity contribution in [2.45, 2.75) is 32.7 Å². The third kappa shape index (κ3) is 3.17. The molecule has 3 N–H and O–H groups in total. The fraction of sp³-hybridized carbons (Fsp3) is 0.900.